The maximum Gasteiger partial charge on any atom is 0.248 e. The van der Waals surface area contributed by atoms with E-state index in [1.165, 1.54) is 0 Å². The number of carbonyl (C=O) groups excluding carboxylic acids is 1. The molecular weight excluding hydrogens is 403 g/mol. The molecule has 1 saturated heterocycles. The highest BCUT2D eigenvalue weighted by Gasteiger charge is 2.53. The Hall–Kier alpha value is -1.31. The minimum absolute atomic E-state index is 0. The highest BCUT2D eigenvalue weighted by atomic mass is 127. The standard InChI is InChI=1S/C17H26N4O.HI/c1-16(2)11-21(17(16,3)4)15(19-5)20-10-12-6-8-13(9-7-12)14(18)22;/h6-9H,10-11H2,1-5H3,(H2,18,22)(H,19,20);1H. The van der Waals surface area contributed by atoms with Crippen LogP contribution in [0.25, 0.3) is 0 Å². The Kier molecular flexibility index (Phi) is 6.06. The number of nitrogens with zero attached hydrogens (tertiary/aromatic N) is 2. The van der Waals surface area contributed by atoms with E-state index in [1.807, 2.05) is 12.1 Å². The van der Waals surface area contributed by atoms with Crippen LogP contribution < -0.4 is 11.1 Å². The summed E-state index contributed by atoms with van der Waals surface area (Å²) in [5.41, 5.74) is 7.21. The van der Waals surface area contributed by atoms with Crippen molar-refractivity contribution in [2.24, 2.45) is 16.1 Å². The first kappa shape index (κ1) is 19.7. The average Bonchev–Trinajstić information content (AvgIpc) is 2.47. The smallest absolute Gasteiger partial charge is 0.248 e. The van der Waals surface area contributed by atoms with E-state index in [0.717, 1.165) is 18.1 Å². The van der Waals surface area contributed by atoms with E-state index in [9.17, 15) is 4.79 Å². The van der Waals surface area contributed by atoms with Crippen molar-refractivity contribution in [1.29, 1.82) is 0 Å². The number of primary amides is 1. The summed E-state index contributed by atoms with van der Waals surface area (Å²) in [5.74, 6) is 0.503. The number of rotatable bonds is 3. The first-order valence-electron chi connectivity index (χ1n) is 7.56. The molecule has 23 heavy (non-hydrogen) atoms. The molecule has 0 atom stereocenters. The van der Waals surface area contributed by atoms with Crippen molar-refractivity contribution in [3.05, 3.63) is 35.4 Å². The molecule has 0 aromatic heterocycles. The van der Waals surface area contributed by atoms with Gasteiger partial charge in [0.2, 0.25) is 5.91 Å². The SMILES string of the molecule is CN=C(NCc1ccc(C(N)=O)cc1)N1CC(C)(C)C1(C)C.I. The maximum absolute atomic E-state index is 11.1. The third-order valence-electron chi connectivity index (χ3n) is 5.04. The Morgan fingerprint density at radius 2 is 1.83 bits per heavy atom. The van der Waals surface area contributed by atoms with Crippen LogP contribution >= 0.6 is 24.0 Å². The summed E-state index contributed by atoms with van der Waals surface area (Å²) in [6.07, 6.45) is 0. The maximum atomic E-state index is 11.1. The molecule has 128 valence electrons. The number of carbonyl (C=O) groups is 1. The van der Waals surface area contributed by atoms with E-state index in [2.05, 4.69) is 42.9 Å². The molecule has 5 nitrogen and oxygen atoms in total. The Morgan fingerprint density at radius 3 is 2.22 bits per heavy atom. The molecule has 0 bridgehead atoms. The summed E-state index contributed by atoms with van der Waals surface area (Å²) >= 11 is 0. The largest absolute Gasteiger partial charge is 0.366 e. The molecule has 0 unspecified atom stereocenters. The molecule has 1 heterocycles. The van der Waals surface area contributed by atoms with Gasteiger partial charge in [0.15, 0.2) is 5.96 Å². The number of likely N-dealkylation sites (tertiary alicyclic amines) is 1. The van der Waals surface area contributed by atoms with Crippen LogP contribution in [-0.4, -0.2) is 35.9 Å². The number of halogens is 1. The van der Waals surface area contributed by atoms with E-state index < -0.39 is 5.91 Å². The van der Waals surface area contributed by atoms with Gasteiger partial charge in [-0.15, -0.1) is 24.0 Å². The van der Waals surface area contributed by atoms with Crippen LogP contribution in [0.3, 0.4) is 0 Å². The molecular formula is C17H27IN4O. The molecule has 1 fully saturated rings. The summed E-state index contributed by atoms with van der Waals surface area (Å²) in [6.45, 7) is 10.7. The van der Waals surface area contributed by atoms with Gasteiger partial charge in [-0.2, -0.15) is 0 Å². The number of nitrogens with two attached hydrogens (primary N) is 1. The fraction of sp³-hybridized carbons (Fsp3) is 0.529. The number of benzene rings is 1. The molecule has 0 spiro atoms. The lowest BCUT2D eigenvalue weighted by Gasteiger charge is -2.62. The molecule has 3 N–H and O–H groups in total. The van der Waals surface area contributed by atoms with Crippen LogP contribution in [0.5, 0.6) is 0 Å². The van der Waals surface area contributed by atoms with Crippen LogP contribution in [-0.2, 0) is 6.54 Å². The van der Waals surface area contributed by atoms with Crippen LogP contribution in [0.4, 0.5) is 0 Å². The van der Waals surface area contributed by atoms with Gasteiger partial charge in [0.05, 0.1) is 0 Å². The first-order chi connectivity index (χ1) is 10.2. The zero-order valence-electron chi connectivity index (χ0n) is 14.5. The van der Waals surface area contributed by atoms with Gasteiger partial charge in [-0.25, -0.2) is 0 Å². The van der Waals surface area contributed by atoms with Crippen LogP contribution in [0, 0.1) is 5.41 Å². The minimum Gasteiger partial charge on any atom is -0.366 e. The van der Waals surface area contributed by atoms with Gasteiger partial charge in [-0.05, 0) is 31.5 Å². The lowest BCUT2D eigenvalue weighted by molar-refractivity contribution is -0.0667. The van der Waals surface area contributed by atoms with Crippen molar-refractivity contribution in [1.82, 2.24) is 10.2 Å². The summed E-state index contributed by atoms with van der Waals surface area (Å²) in [4.78, 5) is 17.8. The summed E-state index contributed by atoms with van der Waals surface area (Å²) in [6, 6.07) is 7.31. The minimum atomic E-state index is -0.403. The predicted octanol–water partition coefficient (Wildman–Crippen LogP) is 2.60. The third-order valence-corrected chi connectivity index (χ3v) is 5.04. The zero-order valence-corrected chi connectivity index (χ0v) is 16.8. The monoisotopic (exact) mass is 430 g/mol. The lowest BCUT2D eigenvalue weighted by atomic mass is 9.65. The summed E-state index contributed by atoms with van der Waals surface area (Å²) < 4.78 is 0. The lowest BCUT2D eigenvalue weighted by Crippen LogP contribution is -2.72. The average molecular weight is 430 g/mol. The van der Waals surface area contributed by atoms with Gasteiger partial charge in [0.25, 0.3) is 0 Å². The van der Waals surface area contributed by atoms with E-state index in [0.29, 0.717) is 12.1 Å². The number of hydrogen-bond acceptors (Lipinski definition) is 2. The van der Waals surface area contributed by atoms with Gasteiger partial charge in [0.1, 0.15) is 0 Å². The van der Waals surface area contributed by atoms with Gasteiger partial charge < -0.3 is 16.0 Å². The molecule has 0 saturated carbocycles. The number of guanidine groups is 1. The van der Waals surface area contributed by atoms with Crippen molar-refractivity contribution in [2.75, 3.05) is 13.6 Å². The molecule has 1 amide bonds. The number of nitrogens with one attached hydrogen (secondary N) is 1. The molecule has 1 aromatic rings. The molecule has 1 aromatic carbocycles. The Morgan fingerprint density at radius 1 is 1.26 bits per heavy atom. The number of hydrogen-bond donors (Lipinski definition) is 2. The van der Waals surface area contributed by atoms with Crippen LogP contribution in [0.2, 0.25) is 0 Å². The van der Waals surface area contributed by atoms with Crippen LogP contribution in [0.15, 0.2) is 29.3 Å². The normalized spacial score (nSPS) is 18.7. The predicted molar refractivity (Wildman–Crippen MR) is 105 cm³/mol. The molecule has 0 radical (unpaired) electrons. The molecule has 6 heteroatoms. The quantitative estimate of drug-likeness (QED) is 0.440. The van der Waals surface area contributed by atoms with Gasteiger partial charge >= 0.3 is 0 Å². The van der Waals surface area contributed by atoms with E-state index in [1.54, 1.807) is 19.2 Å². The molecule has 2 rings (SSSR count). The fourth-order valence-electron chi connectivity index (χ4n) is 2.66. The van der Waals surface area contributed by atoms with Gasteiger partial charge in [-0.1, -0.05) is 26.0 Å². The summed E-state index contributed by atoms with van der Waals surface area (Å²) in [5, 5.41) is 3.39. The number of amides is 1. The van der Waals surface area contributed by atoms with Crippen molar-refractivity contribution >= 4 is 35.8 Å². The Labute approximate surface area is 155 Å². The number of aliphatic imine (C=N–C) groups is 1. The summed E-state index contributed by atoms with van der Waals surface area (Å²) in [7, 11) is 1.81. The van der Waals surface area contributed by atoms with Crippen molar-refractivity contribution < 1.29 is 4.79 Å². The van der Waals surface area contributed by atoms with Crippen molar-refractivity contribution in [2.45, 2.75) is 39.8 Å². The first-order valence-corrected chi connectivity index (χ1v) is 7.56. The van der Waals surface area contributed by atoms with Crippen LogP contribution in [0.1, 0.15) is 43.6 Å². The second-order valence-corrected chi connectivity index (χ2v) is 6.99. The Balaban J connectivity index is 0.00000264. The highest BCUT2D eigenvalue weighted by molar-refractivity contribution is 14.0. The fourth-order valence-corrected chi connectivity index (χ4v) is 2.66. The Bertz CT molecular complexity index is 593. The second-order valence-electron chi connectivity index (χ2n) is 6.99. The van der Waals surface area contributed by atoms with Gasteiger partial charge in [0, 0.05) is 36.7 Å². The zero-order chi connectivity index (χ0) is 16.5. The topological polar surface area (TPSA) is 70.7 Å². The molecule has 1 aliphatic rings. The van der Waals surface area contributed by atoms with E-state index in [-0.39, 0.29) is 34.9 Å². The van der Waals surface area contributed by atoms with Gasteiger partial charge in [-0.3, -0.25) is 9.79 Å². The second kappa shape index (κ2) is 7.07. The van der Waals surface area contributed by atoms with E-state index in [4.69, 9.17) is 5.73 Å². The third kappa shape index (κ3) is 3.79. The molecule has 1 aliphatic heterocycles. The van der Waals surface area contributed by atoms with Crippen molar-refractivity contribution in [3.63, 3.8) is 0 Å². The highest BCUT2D eigenvalue weighted by Crippen LogP contribution is 2.46. The molecule has 0 aliphatic carbocycles. The van der Waals surface area contributed by atoms with E-state index >= 15 is 0 Å². The van der Waals surface area contributed by atoms with Crippen molar-refractivity contribution in [3.8, 4) is 0 Å².